The molecule has 1 rings (SSSR count). The van der Waals surface area contributed by atoms with Crippen LogP contribution in [0.15, 0.2) is 0 Å². The van der Waals surface area contributed by atoms with Gasteiger partial charge in [0.2, 0.25) is 0 Å². The molecule has 1 saturated carbocycles. The fourth-order valence-corrected chi connectivity index (χ4v) is 2.88. The minimum Gasteiger partial charge on any atom is -0.389 e. The molecule has 1 aliphatic rings. The molecule has 3 nitrogen and oxygen atoms in total. The lowest BCUT2D eigenvalue weighted by Gasteiger charge is -2.27. The Kier molecular flexibility index (Phi) is 9.12. The standard InChI is InChI=1S/C15H31NO2S/c1-12-5-4-6-15(9-12)18-11-14(17)10-16-8-7-13(2)19-3/h12-17H,4-11H2,1-3H3. The van der Waals surface area contributed by atoms with Crippen LogP contribution in [0.5, 0.6) is 0 Å². The summed E-state index contributed by atoms with van der Waals surface area (Å²) >= 11 is 1.89. The Morgan fingerprint density at radius 2 is 2.21 bits per heavy atom. The smallest absolute Gasteiger partial charge is 0.0897 e. The van der Waals surface area contributed by atoms with Crippen LogP contribution in [0.25, 0.3) is 0 Å². The molecule has 4 unspecified atom stereocenters. The SMILES string of the molecule is CSC(C)CCNCC(O)COC1CCCC(C)C1. The molecule has 0 aromatic rings. The second-order valence-corrected chi connectivity index (χ2v) is 7.20. The predicted octanol–water partition coefficient (Wildman–Crippen LogP) is 2.67. The van der Waals surface area contributed by atoms with E-state index in [0.29, 0.717) is 24.5 Å². The Balaban J connectivity index is 1.99. The van der Waals surface area contributed by atoms with Gasteiger partial charge in [-0.05, 0) is 38.0 Å². The number of hydrogen-bond acceptors (Lipinski definition) is 4. The Labute approximate surface area is 122 Å². The summed E-state index contributed by atoms with van der Waals surface area (Å²) in [5, 5.41) is 13.9. The molecule has 0 heterocycles. The van der Waals surface area contributed by atoms with E-state index in [0.717, 1.165) is 31.7 Å². The van der Waals surface area contributed by atoms with E-state index < -0.39 is 0 Å². The van der Waals surface area contributed by atoms with Gasteiger partial charge in [0.15, 0.2) is 0 Å². The molecule has 4 atom stereocenters. The van der Waals surface area contributed by atoms with Gasteiger partial charge in [-0.2, -0.15) is 11.8 Å². The maximum absolute atomic E-state index is 9.88. The van der Waals surface area contributed by atoms with Crippen molar-refractivity contribution in [2.45, 2.75) is 63.4 Å². The van der Waals surface area contributed by atoms with Crippen molar-refractivity contribution in [1.82, 2.24) is 5.32 Å². The van der Waals surface area contributed by atoms with Crippen LogP contribution in [0.3, 0.4) is 0 Å². The molecule has 0 amide bonds. The van der Waals surface area contributed by atoms with Gasteiger partial charge in [-0.1, -0.05) is 26.7 Å². The van der Waals surface area contributed by atoms with E-state index in [9.17, 15) is 5.11 Å². The molecule has 0 spiro atoms. The molecular weight excluding hydrogens is 258 g/mol. The fraction of sp³-hybridized carbons (Fsp3) is 1.00. The van der Waals surface area contributed by atoms with Gasteiger partial charge < -0.3 is 15.2 Å². The van der Waals surface area contributed by atoms with Crippen molar-refractivity contribution in [3.05, 3.63) is 0 Å². The van der Waals surface area contributed by atoms with Gasteiger partial charge in [-0.3, -0.25) is 0 Å². The van der Waals surface area contributed by atoms with Crippen molar-refractivity contribution in [3.63, 3.8) is 0 Å². The topological polar surface area (TPSA) is 41.5 Å². The summed E-state index contributed by atoms with van der Waals surface area (Å²) in [6, 6.07) is 0. The average molecular weight is 289 g/mol. The number of rotatable bonds is 9. The number of hydrogen-bond donors (Lipinski definition) is 2. The quantitative estimate of drug-likeness (QED) is 0.640. The molecule has 19 heavy (non-hydrogen) atoms. The first-order valence-corrected chi connectivity index (χ1v) is 8.93. The number of thioether (sulfide) groups is 1. The minimum absolute atomic E-state index is 0.370. The summed E-state index contributed by atoms with van der Waals surface area (Å²) in [5.41, 5.74) is 0. The van der Waals surface area contributed by atoms with E-state index in [1.807, 2.05) is 11.8 Å². The first-order chi connectivity index (χ1) is 9.11. The van der Waals surface area contributed by atoms with E-state index in [2.05, 4.69) is 25.4 Å². The van der Waals surface area contributed by atoms with Gasteiger partial charge in [0.1, 0.15) is 0 Å². The molecule has 0 aliphatic heterocycles. The molecule has 0 saturated heterocycles. The van der Waals surface area contributed by atoms with Crippen molar-refractivity contribution in [1.29, 1.82) is 0 Å². The van der Waals surface area contributed by atoms with Crippen molar-refractivity contribution in [3.8, 4) is 0 Å². The largest absolute Gasteiger partial charge is 0.389 e. The number of aliphatic hydroxyl groups excluding tert-OH is 1. The third-order valence-corrected chi connectivity index (χ3v) is 4.96. The zero-order valence-corrected chi connectivity index (χ0v) is 13.5. The van der Waals surface area contributed by atoms with Crippen LogP contribution < -0.4 is 5.32 Å². The highest BCUT2D eigenvalue weighted by molar-refractivity contribution is 7.99. The minimum atomic E-state index is -0.373. The lowest BCUT2D eigenvalue weighted by molar-refractivity contribution is -0.0305. The van der Waals surface area contributed by atoms with Crippen molar-refractivity contribution in [2.24, 2.45) is 5.92 Å². The first-order valence-electron chi connectivity index (χ1n) is 7.65. The Bertz CT molecular complexity index is 228. The summed E-state index contributed by atoms with van der Waals surface area (Å²) in [7, 11) is 0. The number of aliphatic hydroxyl groups is 1. The zero-order chi connectivity index (χ0) is 14.1. The van der Waals surface area contributed by atoms with E-state index in [4.69, 9.17) is 4.74 Å². The highest BCUT2D eigenvalue weighted by atomic mass is 32.2. The first kappa shape index (κ1) is 17.3. The summed E-state index contributed by atoms with van der Waals surface area (Å²) in [6.45, 7) is 6.61. The fourth-order valence-electron chi connectivity index (χ4n) is 2.53. The zero-order valence-electron chi connectivity index (χ0n) is 12.7. The number of nitrogens with one attached hydrogen (secondary N) is 1. The van der Waals surface area contributed by atoms with Crippen LogP contribution in [0.4, 0.5) is 0 Å². The van der Waals surface area contributed by atoms with Crippen LogP contribution in [0.2, 0.25) is 0 Å². The van der Waals surface area contributed by atoms with E-state index >= 15 is 0 Å². The van der Waals surface area contributed by atoms with Gasteiger partial charge in [-0.25, -0.2) is 0 Å². The Morgan fingerprint density at radius 3 is 2.89 bits per heavy atom. The summed E-state index contributed by atoms with van der Waals surface area (Å²) in [6.07, 6.45) is 8.20. The molecule has 0 radical (unpaired) electrons. The molecule has 2 N–H and O–H groups in total. The van der Waals surface area contributed by atoms with Crippen LogP contribution in [-0.2, 0) is 4.74 Å². The molecular formula is C15H31NO2S. The van der Waals surface area contributed by atoms with Gasteiger partial charge >= 0.3 is 0 Å². The molecule has 0 aromatic carbocycles. The van der Waals surface area contributed by atoms with Crippen molar-refractivity contribution >= 4 is 11.8 Å². The maximum Gasteiger partial charge on any atom is 0.0897 e. The lowest BCUT2D eigenvalue weighted by Crippen LogP contribution is -2.34. The van der Waals surface area contributed by atoms with Crippen LogP contribution >= 0.6 is 11.8 Å². The number of ether oxygens (including phenoxy) is 1. The van der Waals surface area contributed by atoms with Gasteiger partial charge in [0.25, 0.3) is 0 Å². The average Bonchev–Trinajstić information content (AvgIpc) is 2.41. The van der Waals surface area contributed by atoms with E-state index in [1.165, 1.54) is 12.8 Å². The van der Waals surface area contributed by atoms with Crippen LogP contribution in [0.1, 0.15) is 46.0 Å². The van der Waals surface area contributed by atoms with Crippen molar-refractivity contribution in [2.75, 3.05) is 26.0 Å². The molecule has 114 valence electrons. The van der Waals surface area contributed by atoms with E-state index in [1.54, 1.807) is 0 Å². The lowest BCUT2D eigenvalue weighted by atomic mass is 9.89. The second-order valence-electron chi connectivity index (χ2n) is 5.92. The van der Waals surface area contributed by atoms with Gasteiger partial charge in [-0.15, -0.1) is 0 Å². The maximum atomic E-state index is 9.88. The molecule has 0 aromatic heterocycles. The van der Waals surface area contributed by atoms with E-state index in [-0.39, 0.29) is 6.10 Å². The third kappa shape index (κ3) is 8.18. The highest BCUT2D eigenvalue weighted by Crippen LogP contribution is 2.25. The highest BCUT2D eigenvalue weighted by Gasteiger charge is 2.20. The van der Waals surface area contributed by atoms with Crippen molar-refractivity contribution < 1.29 is 9.84 Å². The summed E-state index contributed by atoms with van der Waals surface area (Å²) in [5.74, 6) is 0.780. The summed E-state index contributed by atoms with van der Waals surface area (Å²) < 4.78 is 5.82. The molecule has 1 aliphatic carbocycles. The predicted molar refractivity (Wildman–Crippen MR) is 83.8 cm³/mol. The normalized spacial score (nSPS) is 27.2. The van der Waals surface area contributed by atoms with Crippen LogP contribution in [-0.4, -0.2) is 48.5 Å². The molecule has 1 fully saturated rings. The van der Waals surface area contributed by atoms with Gasteiger partial charge in [0.05, 0.1) is 18.8 Å². The Hall–Kier alpha value is 0.230. The van der Waals surface area contributed by atoms with Gasteiger partial charge in [0, 0.05) is 11.8 Å². The molecule has 0 bridgehead atoms. The third-order valence-electron chi connectivity index (χ3n) is 3.92. The summed E-state index contributed by atoms with van der Waals surface area (Å²) in [4.78, 5) is 0. The Morgan fingerprint density at radius 1 is 1.42 bits per heavy atom. The van der Waals surface area contributed by atoms with Crippen LogP contribution in [0, 0.1) is 5.92 Å². The molecule has 4 heteroatoms. The second kappa shape index (κ2) is 10.0. The monoisotopic (exact) mass is 289 g/mol.